The molecule has 1 aromatic carbocycles. The van der Waals surface area contributed by atoms with Gasteiger partial charge in [0.2, 0.25) is 0 Å². The quantitative estimate of drug-likeness (QED) is 0.710. The molecule has 0 bridgehead atoms. The summed E-state index contributed by atoms with van der Waals surface area (Å²) in [5, 5.41) is 1.58. The van der Waals surface area contributed by atoms with Gasteiger partial charge in [-0.05, 0) is 24.3 Å². The van der Waals surface area contributed by atoms with Crippen molar-refractivity contribution in [2.45, 2.75) is 0 Å². The zero-order valence-corrected chi connectivity index (χ0v) is 9.61. The molecular weight excluding hydrogens is 236 g/mol. The Balaban J connectivity index is 2.22. The lowest BCUT2D eigenvalue weighted by atomic mass is 10.2. The van der Waals surface area contributed by atoms with E-state index in [1.54, 1.807) is 18.3 Å². The number of fused-ring (bicyclic) bond motifs is 1. The van der Waals surface area contributed by atoms with E-state index >= 15 is 0 Å². The summed E-state index contributed by atoms with van der Waals surface area (Å²) in [7, 11) is 0. The molecule has 0 saturated heterocycles. The van der Waals surface area contributed by atoms with Crippen LogP contribution in [0.15, 0.2) is 47.0 Å². The summed E-state index contributed by atoms with van der Waals surface area (Å²) in [4.78, 5) is 3.95. The third-order valence-corrected chi connectivity index (χ3v) is 2.86. The van der Waals surface area contributed by atoms with Crippen molar-refractivity contribution in [2.75, 3.05) is 5.73 Å². The molecule has 17 heavy (non-hydrogen) atoms. The second-order valence-corrected chi connectivity index (χ2v) is 4.15. The number of para-hydroxylation sites is 1. The number of aromatic nitrogens is 1. The fraction of sp³-hybridized carbons (Fsp3) is 0. The molecule has 0 fully saturated rings. The van der Waals surface area contributed by atoms with Crippen molar-refractivity contribution in [3.63, 3.8) is 0 Å². The lowest BCUT2D eigenvalue weighted by molar-refractivity contribution is 0.631. The second-order valence-electron chi connectivity index (χ2n) is 3.74. The summed E-state index contributed by atoms with van der Waals surface area (Å²) in [6.07, 6.45) is 1.65. The molecule has 3 rings (SSSR count). The Kier molecular flexibility index (Phi) is 2.27. The molecule has 0 aliphatic rings. The van der Waals surface area contributed by atoms with Gasteiger partial charge in [-0.2, -0.15) is 0 Å². The summed E-state index contributed by atoms with van der Waals surface area (Å²) in [5.74, 6) is 1.20. The van der Waals surface area contributed by atoms with Crippen LogP contribution >= 0.6 is 11.6 Å². The number of anilines is 1. The molecule has 2 heterocycles. The van der Waals surface area contributed by atoms with Gasteiger partial charge in [-0.3, -0.25) is 0 Å². The highest BCUT2D eigenvalue weighted by atomic mass is 35.5. The molecule has 0 atom stereocenters. The fourth-order valence-electron chi connectivity index (χ4n) is 1.77. The summed E-state index contributed by atoms with van der Waals surface area (Å²) in [6, 6.07) is 11.2. The maximum absolute atomic E-state index is 6.06. The minimum Gasteiger partial charge on any atom is -0.455 e. The number of rotatable bonds is 1. The zero-order valence-electron chi connectivity index (χ0n) is 8.85. The van der Waals surface area contributed by atoms with Gasteiger partial charge in [0.1, 0.15) is 11.6 Å². The van der Waals surface area contributed by atoms with E-state index in [2.05, 4.69) is 4.98 Å². The highest BCUT2D eigenvalue weighted by molar-refractivity contribution is 6.34. The minimum absolute atomic E-state index is 0.467. The summed E-state index contributed by atoms with van der Waals surface area (Å²) in [6.45, 7) is 0. The predicted octanol–water partition coefficient (Wildman–Crippen LogP) is 3.73. The zero-order chi connectivity index (χ0) is 11.8. The van der Waals surface area contributed by atoms with Crippen LogP contribution in [0.1, 0.15) is 0 Å². The number of pyridine rings is 1. The smallest absolute Gasteiger partial charge is 0.153 e. The Morgan fingerprint density at radius 1 is 1.18 bits per heavy atom. The summed E-state index contributed by atoms with van der Waals surface area (Å²) < 4.78 is 5.72. The second kappa shape index (κ2) is 3.79. The van der Waals surface area contributed by atoms with Gasteiger partial charge in [-0.15, -0.1) is 0 Å². The van der Waals surface area contributed by atoms with Crippen LogP contribution in [0.25, 0.3) is 22.3 Å². The summed E-state index contributed by atoms with van der Waals surface area (Å²) in [5.41, 5.74) is 7.23. The third kappa shape index (κ3) is 1.74. The average molecular weight is 245 g/mol. The van der Waals surface area contributed by atoms with E-state index in [1.807, 2.05) is 24.3 Å². The molecule has 0 unspecified atom stereocenters. The molecule has 0 radical (unpaired) electrons. The van der Waals surface area contributed by atoms with Crippen LogP contribution in [-0.2, 0) is 0 Å². The van der Waals surface area contributed by atoms with E-state index in [0.29, 0.717) is 16.4 Å². The molecule has 0 saturated carbocycles. The minimum atomic E-state index is 0.467. The van der Waals surface area contributed by atoms with Crippen LogP contribution in [-0.4, -0.2) is 4.98 Å². The fourth-order valence-corrected chi connectivity index (χ4v) is 1.99. The van der Waals surface area contributed by atoms with E-state index in [4.69, 9.17) is 21.8 Å². The van der Waals surface area contributed by atoms with Crippen LogP contribution in [0.4, 0.5) is 5.82 Å². The number of hydrogen-bond acceptors (Lipinski definition) is 3. The molecule has 4 heteroatoms. The number of furan rings is 1. The van der Waals surface area contributed by atoms with E-state index in [1.165, 1.54) is 0 Å². The van der Waals surface area contributed by atoms with Crippen LogP contribution < -0.4 is 5.73 Å². The van der Waals surface area contributed by atoms with Crippen LogP contribution in [0, 0.1) is 0 Å². The lowest BCUT2D eigenvalue weighted by Gasteiger charge is -1.96. The predicted molar refractivity (Wildman–Crippen MR) is 68.9 cm³/mol. The van der Waals surface area contributed by atoms with Crippen molar-refractivity contribution >= 4 is 28.4 Å². The van der Waals surface area contributed by atoms with E-state index < -0.39 is 0 Å². The Bertz CT molecular complexity index is 691. The molecule has 0 aliphatic heterocycles. The molecule has 3 nitrogen and oxygen atoms in total. The Morgan fingerprint density at radius 3 is 2.82 bits per heavy atom. The van der Waals surface area contributed by atoms with Crippen molar-refractivity contribution in [3.8, 4) is 11.3 Å². The highest BCUT2D eigenvalue weighted by Gasteiger charge is 2.08. The van der Waals surface area contributed by atoms with E-state index in [9.17, 15) is 0 Å². The molecular formula is C13H9ClN2O. The SMILES string of the molecule is Nc1cc(-c2cc3cccc(Cl)c3o2)ccn1. The number of hydrogen-bond donors (Lipinski definition) is 1. The normalized spacial score (nSPS) is 10.9. The first-order valence-corrected chi connectivity index (χ1v) is 5.52. The summed E-state index contributed by atoms with van der Waals surface area (Å²) >= 11 is 6.06. The topological polar surface area (TPSA) is 52.0 Å². The van der Waals surface area contributed by atoms with Crippen molar-refractivity contribution in [3.05, 3.63) is 47.6 Å². The molecule has 2 aromatic heterocycles. The van der Waals surface area contributed by atoms with Gasteiger partial charge in [0.25, 0.3) is 0 Å². The first-order chi connectivity index (χ1) is 8.24. The maximum atomic E-state index is 6.06. The Hall–Kier alpha value is -2.00. The number of nitrogens with two attached hydrogens (primary N) is 1. The number of nitrogens with zero attached hydrogens (tertiary/aromatic N) is 1. The number of halogens is 1. The molecule has 84 valence electrons. The van der Waals surface area contributed by atoms with Gasteiger partial charge in [0.15, 0.2) is 5.58 Å². The van der Waals surface area contributed by atoms with Gasteiger partial charge in [0, 0.05) is 17.1 Å². The average Bonchev–Trinajstić information content (AvgIpc) is 2.74. The van der Waals surface area contributed by atoms with Gasteiger partial charge >= 0.3 is 0 Å². The van der Waals surface area contributed by atoms with E-state index in [-0.39, 0.29) is 0 Å². The lowest BCUT2D eigenvalue weighted by Crippen LogP contribution is -1.88. The van der Waals surface area contributed by atoms with Gasteiger partial charge in [-0.25, -0.2) is 4.98 Å². The van der Waals surface area contributed by atoms with Crippen molar-refractivity contribution in [1.82, 2.24) is 4.98 Å². The van der Waals surface area contributed by atoms with Crippen LogP contribution in [0.2, 0.25) is 5.02 Å². The maximum Gasteiger partial charge on any atom is 0.153 e. The number of benzene rings is 1. The molecule has 0 aliphatic carbocycles. The van der Waals surface area contributed by atoms with Gasteiger partial charge in [-0.1, -0.05) is 23.7 Å². The molecule has 0 spiro atoms. The Morgan fingerprint density at radius 2 is 2.06 bits per heavy atom. The van der Waals surface area contributed by atoms with Crippen molar-refractivity contribution in [1.29, 1.82) is 0 Å². The monoisotopic (exact) mass is 244 g/mol. The first-order valence-electron chi connectivity index (χ1n) is 5.14. The van der Waals surface area contributed by atoms with Crippen molar-refractivity contribution in [2.24, 2.45) is 0 Å². The standard InChI is InChI=1S/C13H9ClN2O/c14-10-3-1-2-9-6-11(17-13(9)10)8-4-5-16-12(15)7-8/h1-7H,(H2,15,16). The first kappa shape index (κ1) is 10.2. The molecule has 2 N–H and O–H groups in total. The third-order valence-electron chi connectivity index (χ3n) is 2.56. The van der Waals surface area contributed by atoms with Crippen LogP contribution in [0.5, 0.6) is 0 Å². The highest BCUT2D eigenvalue weighted by Crippen LogP contribution is 2.32. The van der Waals surface area contributed by atoms with Gasteiger partial charge < -0.3 is 10.2 Å². The molecule has 3 aromatic rings. The van der Waals surface area contributed by atoms with Gasteiger partial charge in [0.05, 0.1) is 5.02 Å². The molecule has 0 amide bonds. The van der Waals surface area contributed by atoms with Crippen LogP contribution in [0.3, 0.4) is 0 Å². The largest absolute Gasteiger partial charge is 0.455 e. The van der Waals surface area contributed by atoms with E-state index in [0.717, 1.165) is 16.7 Å². The Labute approximate surface area is 103 Å². The van der Waals surface area contributed by atoms with Crippen molar-refractivity contribution < 1.29 is 4.42 Å². The number of nitrogen functional groups attached to an aromatic ring is 1.